The third-order valence-electron chi connectivity index (χ3n) is 2.97. The summed E-state index contributed by atoms with van der Waals surface area (Å²) in [5, 5.41) is 8.88. The predicted octanol–water partition coefficient (Wildman–Crippen LogP) is 2.74. The highest BCUT2D eigenvalue weighted by Crippen LogP contribution is 2.33. The van der Waals surface area contributed by atoms with Crippen LogP contribution in [0.2, 0.25) is 0 Å². The zero-order valence-corrected chi connectivity index (χ0v) is 9.04. The molecular formula is C10H15N3S. The van der Waals surface area contributed by atoms with Crippen LogP contribution in [0.3, 0.4) is 0 Å². The highest BCUT2D eigenvalue weighted by molar-refractivity contribution is 7.80. The van der Waals surface area contributed by atoms with Crippen molar-refractivity contribution in [2.45, 2.75) is 31.8 Å². The lowest BCUT2D eigenvalue weighted by Gasteiger charge is -2.25. The van der Waals surface area contributed by atoms with Crippen LogP contribution in [-0.2, 0) is 0 Å². The van der Waals surface area contributed by atoms with Gasteiger partial charge in [-0.05, 0) is 25.1 Å². The second-order valence-corrected chi connectivity index (χ2v) is 4.26. The molecule has 0 amide bonds. The van der Waals surface area contributed by atoms with E-state index in [1.54, 1.807) is 0 Å². The maximum absolute atomic E-state index is 5.14. The molecule has 0 spiro atoms. The van der Waals surface area contributed by atoms with Crippen molar-refractivity contribution in [3.8, 4) is 0 Å². The third kappa shape index (κ3) is 1.71. The molecule has 1 aliphatic carbocycles. The standard InChI is InChI=1S/C10H15N3S/c1-2-7-13-9(11-12-10(13)14)8-5-3-4-6-8/h2,8-9H,1,3-7H2. The van der Waals surface area contributed by atoms with Gasteiger partial charge < -0.3 is 4.90 Å². The van der Waals surface area contributed by atoms with Gasteiger partial charge in [0.2, 0.25) is 5.11 Å². The second-order valence-electron chi connectivity index (χ2n) is 3.90. The van der Waals surface area contributed by atoms with Gasteiger partial charge in [0.15, 0.2) is 0 Å². The fraction of sp³-hybridized carbons (Fsp3) is 0.700. The molecule has 0 radical (unpaired) electrons. The molecule has 1 heterocycles. The molecule has 0 bridgehead atoms. The number of nitrogens with zero attached hydrogens (tertiary/aromatic N) is 3. The molecule has 3 nitrogen and oxygen atoms in total. The van der Waals surface area contributed by atoms with Gasteiger partial charge in [-0.15, -0.1) is 11.7 Å². The van der Waals surface area contributed by atoms with E-state index >= 15 is 0 Å². The Kier molecular flexibility index (Phi) is 2.91. The van der Waals surface area contributed by atoms with Gasteiger partial charge >= 0.3 is 0 Å². The molecule has 0 saturated heterocycles. The first kappa shape index (κ1) is 9.77. The van der Waals surface area contributed by atoms with Crippen molar-refractivity contribution in [1.82, 2.24) is 4.90 Å². The van der Waals surface area contributed by atoms with E-state index < -0.39 is 0 Å². The molecule has 0 aromatic heterocycles. The molecule has 0 N–H and O–H groups in total. The van der Waals surface area contributed by atoms with Crippen molar-refractivity contribution in [3.63, 3.8) is 0 Å². The van der Waals surface area contributed by atoms with Crippen LogP contribution in [0.15, 0.2) is 22.9 Å². The Morgan fingerprint density at radius 2 is 2.21 bits per heavy atom. The van der Waals surface area contributed by atoms with E-state index in [0.29, 0.717) is 11.0 Å². The lowest BCUT2D eigenvalue weighted by molar-refractivity contribution is 0.267. The summed E-state index contributed by atoms with van der Waals surface area (Å²) in [5.41, 5.74) is 0. The van der Waals surface area contributed by atoms with Crippen LogP contribution in [0.25, 0.3) is 0 Å². The van der Waals surface area contributed by atoms with Gasteiger partial charge in [0.25, 0.3) is 0 Å². The Morgan fingerprint density at radius 1 is 1.50 bits per heavy atom. The highest BCUT2D eigenvalue weighted by Gasteiger charge is 2.34. The molecule has 1 aliphatic heterocycles. The van der Waals surface area contributed by atoms with Crippen molar-refractivity contribution in [3.05, 3.63) is 12.7 Å². The highest BCUT2D eigenvalue weighted by atomic mass is 32.1. The number of thiocarbonyl (C=S) groups is 1. The molecule has 1 atom stereocenters. The SMILES string of the molecule is C=CCN1C(=S)N=NC1C1CCCC1. The first-order valence-corrected chi connectivity index (χ1v) is 5.56. The minimum atomic E-state index is 0.197. The van der Waals surface area contributed by atoms with E-state index in [2.05, 4.69) is 21.7 Å². The average Bonchev–Trinajstić information content (AvgIpc) is 2.77. The maximum atomic E-state index is 5.14. The predicted molar refractivity (Wildman–Crippen MR) is 60.1 cm³/mol. The summed E-state index contributed by atoms with van der Waals surface area (Å²) < 4.78 is 0. The molecular weight excluding hydrogens is 194 g/mol. The summed E-state index contributed by atoms with van der Waals surface area (Å²) in [6.07, 6.45) is 7.24. The summed E-state index contributed by atoms with van der Waals surface area (Å²) in [4.78, 5) is 2.08. The van der Waals surface area contributed by atoms with E-state index in [1.807, 2.05) is 6.08 Å². The summed E-state index contributed by atoms with van der Waals surface area (Å²) in [5.74, 6) is 0.652. The molecule has 0 aromatic rings. The Bertz CT molecular complexity index is 269. The first-order chi connectivity index (χ1) is 6.83. The number of hydrogen-bond donors (Lipinski definition) is 0. The molecule has 2 aliphatic rings. The normalized spacial score (nSPS) is 27.6. The third-order valence-corrected chi connectivity index (χ3v) is 3.29. The Balaban J connectivity index is 2.05. The minimum absolute atomic E-state index is 0.197. The van der Waals surface area contributed by atoms with Crippen molar-refractivity contribution >= 4 is 17.3 Å². The molecule has 2 rings (SSSR count). The van der Waals surface area contributed by atoms with Gasteiger partial charge in [-0.25, -0.2) is 0 Å². The largest absolute Gasteiger partial charge is 0.318 e. The quantitative estimate of drug-likeness (QED) is 0.528. The van der Waals surface area contributed by atoms with E-state index in [1.165, 1.54) is 25.7 Å². The van der Waals surface area contributed by atoms with Crippen LogP contribution in [0, 0.1) is 5.92 Å². The van der Waals surface area contributed by atoms with Gasteiger partial charge in [-0.1, -0.05) is 18.9 Å². The van der Waals surface area contributed by atoms with Crippen LogP contribution in [0.5, 0.6) is 0 Å². The second kappa shape index (κ2) is 4.17. The summed E-state index contributed by atoms with van der Waals surface area (Å²) >= 11 is 5.14. The van der Waals surface area contributed by atoms with Gasteiger partial charge in [0, 0.05) is 12.5 Å². The topological polar surface area (TPSA) is 28.0 Å². The maximum Gasteiger partial charge on any atom is 0.218 e. The Hall–Kier alpha value is -0.770. The fourth-order valence-corrected chi connectivity index (χ4v) is 2.50. The van der Waals surface area contributed by atoms with Crippen LogP contribution in [-0.4, -0.2) is 22.7 Å². The van der Waals surface area contributed by atoms with Gasteiger partial charge in [-0.3, -0.25) is 0 Å². The summed E-state index contributed by atoms with van der Waals surface area (Å²) in [6, 6.07) is 0. The summed E-state index contributed by atoms with van der Waals surface area (Å²) in [7, 11) is 0. The molecule has 1 saturated carbocycles. The zero-order chi connectivity index (χ0) is 9.97. The van der Waals surface area contributed by atoms with Crippen molar-refractivity contribution in [1.29, 1.82) is 0 Å². The monoisotopic (exact) mass is 209 g/mol. The summed E-state index contributed by atoms with van der Waals surface area (Å²) in [6.45, 7) is 4.51. The van der Waals surface area contributed by atoms with Crippen molar-refractivity contribution in [2.75, 3.05) is 6.54 Å². The fourth-order valence-electron chi connectivity index (χ4n) is 2.27. The molecule has 76 valence electrons. The Morgan fingerprint density at radius 3 is 2.86 bits per heavy atom. The van der Waals surface area contributed by atoms with Crippen LogP contribution >= 0.6 is 12.2 Å². The van der Waals surface area contributed by atoms with Gasteiger partial charge in [0.1, 0.15) is 6.17 Å². The first-order valence-electron chi connectivity index (χ1n) is 5.15. The van der Waals surface area contributed by atoms with Crippen LogP contribution in [0.4, 0.5) is 0 Å². The van der Waals surface area contributed by atoms with Crippen molar-refractivity contribution in [2.24, 2.45) is 16.1 Å². The van der Waals surface area contributed by atoms with Crippen LogP contribution < -0.4 is 0 Å². The van der Waals surface area contributed by atoms with E-state index in [4.69, 9.17) is 12.2 Å². The van der Waals surface area contributed by atoms with Gasteiger partial charge in [0.05, 0.1) is 0 Å². The number of rotatable bonds is 3. The smallest absolute Gasteiger partial charge is 0.218 e. The van der Waals surface area contributed by atoms with E-state index in [0.717, 1.165) is 6.54 Å². The lowest BCUT2D eigenvalue weighted by atomic mass is 10.0. The minimum Gasteiger partial charge on any atom is -0.318 e. The number of azo groups is 1. The van der Waals surface area contributed by atoms with Crippen LogP contribution in [0.1, 0.15) is 25.7 Å². The molecule has 0 aromatic carbocycles. The van der Waals surface area contributed by atoms with E-state index in [9.17, 15) is 0 Å². The zero-order valence-electron chi connectivity index (χ0n) is 8.22. The Labute approximate surface area is 89.9 Å². The average molecular weight is 209 g/mol. The lowest BCUT2D eigenvalue weighted by Crippen LogP contribution is -2.37. The van der Waals surface area contributed by atoms with E-state index in [-0.39, 0.29) is 6.17 Å². The van der Waals surface area contributed by atoms with Gasteiger partial charge in [-0.2, -0.15) is 5.11 Å². The molecule has 14 heavy (non-hydrogen) atoms. The number of hydrogen-bond acceptors (Lipinski definition) is 2. The van der Waals surface area contributed by atoms with Crippen molar-refractivity contribution < 1.29 is 0 Å². The molecule has 4 heteroatoms. The molecule has 1 fully saturated rings. The molecule has 1 unspecified atom stereocenters.